The van der Waals surface area contributed by atoms with Gasteiger partial charge in [-0.2, -0.15) is 10.2 Å². The molecule has 0 aliphatic carbocycles. The van der Waals surface area contributed by atoms with E-state index in [9.17, 15) is 14.0 Å². The van der Waals surface area contributed by atoms with E-state index in [1.807, 2.05) is 4.90 Å². The van der Waals surface area contributed by atoms with Crippen molar-refractivity contribution in [2.45, 2.75) is 19.4 Å². The van der Waals surface area contributed by atoms with Crippen LogP contribution in [0.3, 0.4) is 0 Å². The van der Waals surface area contributed by atoms with E-state index in [0.717, 1.165) is 0 Å². The van der Waals surface area contributed by atoms with E-state index >= 15 is 0 Å². The van der Waals surface area contributed by atoms with Crippen molar-refractivity contribution in [2.24, 2.45) is 0 Å². The summed E-state index contributed by atoms with van der Waals surface area (Å²) in [5.41, 5.74) is 2.40. The Morgan fingerprint density at radius 1 is 1.25 bits per heavy atom. The highest BCUT2D eigenvalue weighted by atomic mass is 35.5. The average molecular weight is 514 g/mol. The molecule has 1 amide bonds. The summed E-state index contributed by atoms with van der Waals surface area (Å²) in [7, 11) is 0. The van der Waals surface area contributed by atoms with Gasteiger partial charge in [0.05, 0.1) is 17.1 Å². The topological polar surface area (TPSA) is 132 Å². The number of carbonyl (C=O) groups excluding carboxylic acids is 1. The lowest BCUT2D eigenvalue weighted by Crippen LogP contribution is -2.54. The summed E-state index contributed by atoms with van der Waals surface area (Å²) in [6.07, 6.45) is 1.75. The van der Waals surface area contributed by atoms with Crippen LogP contribution >= 0.6 is 11.6 Å². The molecule has 12 heteroatoms. The zero-order valence-electron chi connectivity index (χ0n) is 19.5. The first-order valence-corrected chi connectivity index (χ1v) is 11.7. The molecule has 3 heterocycles. The number of pyridine rings is 1. The van der Waals surface area contributed by atoms with Crippen molar-refractivity contribution < 1.29 is 19.1 Å². The van der Waals surface area contributed by atoms with Crippen molar-refractivity contribution in [2.75, 3.05) is 36.8 Å². The van der Waals surface area contributed by atoms with Crippen molar-refractivity contribution in [3.8, 4) is 11.3 Å². The largest absolute Gasteiger partial charge is 0.480 e. The first-order chi connectivity index (χ1) is 17.3. The van der Waals surface area contributed by atoms with Crippen LogP contribution in [0.4, 0.5) is 21.6 Å². The van der Waals surface area contributed by atoms with Crippen LogP contribution in [0.15, 0.2) is 42.6 Å². The maximum atomic E-state index is 14.3. The molecule has 0 radical (unpaired) electrons. The first-order valence-electron chi connectivity index (χ1n) is 11.3. The molecule has 2 aromatic heterocycles. The van der Waals surface area contributed by atoms with Gasteiger partial charge in [0.2, 0.25) is 5.91 Å². The summed E-state index contributed by atoms with van der Waals surface area (Å²) in [6, 6.07) is 8.66. The third-order valence-corrected chi connectivity index (χ3v) is 5.94. The highest BCUT2D eigenvalue weighted by Crippen LogP contribution is 2.28. The van der Waals surface area contributed by atoms with Crippen molar-refractivity contribution in [1.29, 1.82) is 0 Å². The number of hydrogen-bond donors (Lipinski definition) is 4. The summed E-state index contributed by atoms with van der Waals surface area (Å²) in [5.74, 6) is -1.24. The molecule has 1 atom stereocenters. The molecule has 1 aromatic carbocycles. The van der Waals surface area contributed by atoms with Gasteiger partial charge in [-0.3, -0.25) is 14.5 Å². The number of rotatable bonds is 8. The average Bonchev–Trinajstić information content (AvgIpc) is 2.86. The van der Waals surface area contributed by atoms with E-state index in [0.29, 0.717) is 59.8 Å². The van der Waals surface area contributed by atoms with Crippen molar-refractivity contribution >= 4 is 40.7 Å². The number of carbonyl (C=O) groups is 2. The molecule has 4 N–H and O–H groups in total. The number of piperazine rings is 1. The minimum absolute atomic E-state index is 0.202. The van der Waals surface area contributed by atoms with Crippen LogP contribution in [0.2, 0.25) is 5.02 Å². The summed E-state index contributed by atoms with van der Waals surface area (Å²) in [6.45, 7) is 3.79. The molecule has 0 bridgehead atoms. The number of carboxylic acids is 1. The lowest BCUT2D eigenvalue weighted by atomic mass is 10.1. The van der Waals surface area contributed by atoms with Gasteiger partial charge < -0.3 is 21.1 Å². The lowest BCUT2D eigenvalue weighted by molar-refractivity contribution is -0.140. The molecule has 1 aliphatic heterocycles. The monoisotopic (exact) mass is 513 g/mol. The van der Waals surface area contributed by atoms with Gasteiger partial charge in [-0.15, -0.1) is 0 Å². The van der Waals surface area contributed by atoms with Crippen LogP contribution in [-0.2, 0) is 9.59 Å². The second-order valence-electron chi connectivity index (χ2n) is 8.35. The number of aryl methyl sites for hydroxylation is 1. The third-order valence-electron chi connectivity index (χ3n) is 5.70. The molecule has 1 fully saturated rings. The molecular formula is C24H25ClFN7O3. The molecule has 36 heavy (non-hydrogen) atoms. The van der Waals surface area contributed by atoms with Gasteiger partial charge in [0, 0.05) is 61.1 Å². The van der Waals surface area contributed by atoms with Crippen LogP contribution < -0.4 is 16.0 Å². The zero-order chi connectivity index (χ0) is 25.7. The van der Waals surface area contributed by atoms with Gasteiger partial charge in [-0.05, 0) is 37.3 Å². The van der Waals surface area contributed by atoms with Crippen LogP contribution in [0.5, 0.6) is 0 Å². The molecule has 1 aliphatic rings. The fourth-order valence-electron chi connectivity index (χ4n) is 3.78. The maximum absolute atomic E-state index is 14.3. The summed E-state index contributed by atoms with van der Waals surface area (Å²) < 4.78 is 14.3. The summed E-state index contributed by atoms with van der Waals surface area (Å²) in [5, 5.41) is 26.7. The smallest absolute Gasteiger partial charge is 0.322 e. The quantitative estimate of drug-likeness (QED) is 0.358. The van der Waals surface area contributed by atoms with Gasteiger partial charge in [-0.25, -0.2) is 9.37 Å². The van der Waals surface area contributed by atoms with E-state index in [4.69, 9.17) is 16.7 Å². The molecule has 1 unspecified atom stereocenters. The van der Waals surface area contributed by atoms with E-state index in [1.54, 1.807) is 31.3 Å². The van der Waals surface area contributed by atoms with E-state index in [2.05, 4.69) is 31.1 Å². The second kappa shape index (κ2) is 11.4. The number of anilines is 3. The second-order valence-corrected chi connectivity index (χ2v) is 8.79. The molecule has 4 rings (SSSR count). The van der Waals surface area contributed by atoms with Gasteiger partial charge in [-0.1, -0.05) is 11.6 Å². The van der Waals surface area contributed by atoms with Gasteiger partial charge in [0.1, 0.15) is 17.7 Å². The van der Waals surface area contributed by atoms with E-state index in [-0.39, 0.29) is 17.9 Å². The fraction of sp³-hybridized carbons (Fsp3) is 0.292. The first kappa shape index (κ1) is 25.4. The number of amides is 1. The molecule has 3 aromatic rings. The normalized spacial score (nSPS) is 15.9. The third kappa shape index (κ3) is 6.51. The number of aromatic nitrogens is 3. The van der Waals surface area contributed by atoms with Crippen molar-refractivity contribution in [3.63, 3.8) is 0 Å². The SMILES string of the molecule is Cc1nnc(-c2cc(Cl)ccc2F)cc1Nc1ccnc(NC(=O)CCN2CCNC(C(=O)O)C2)c1. The Labute approximate surface area is 211 Å². The fourth-order valence-corrected chi connectivity index (χ4v) is 3.95. The predicted octanol–water partition coefficient (Wildman–Crippen LogP) is 3.07. The lowest BCUT2D eigenvalue weighted by Gasteiger charge is -2.31. The Balaban J connectivity index is 1.39. The Bertz CT molecular complexity index is 1280. The molecule has 10 nitrogen and oxygen atoms in total. The standard InChI is InChI=1S/C24H25ClFN7O3/c1-14-19(12-20(32-31-14)17-10-15(25)2-3-18(17)26)29-16-4-6-28-22(11-16)30-23(34)5-8-33-9-7-27-21(13-33)24(35)36/h2-4,6,10-12,21,27H,5,7-9,13H2,1H3,(H,35,36)(H2,28,29,30,32,34). The minimum atomic E-state index is -0.901. The van der Waals surface area contributed by atoms with Crippen LogP contribution in [0.1, 0.15) is 12.1 Å². The maximum Gasteiger partial charge on any atom is 0.322 e. The Morgan fingerprint density at radius 2 is 2.08 bits per heavy atom. The number of aliphatic carboxylic acids is 1. The van der Waals surface area contributed by atoms with Crippen molar-refractivity contribution in [3.05, 3.63) is 59.1 Å². The van der Waals surface area contributed by atoms with Crippen molar-refractivity contribution in [1.82, 2.24) is 25.4 Å². The van der Waals surface area contributed by atoms with Crippen LogP contribution in [-0.4, -0.2) is 69.3 Å². The highest BCUT2D eigenvalue weighted by molar-refractivity contribution is 6.30. The van der Waals surface area contributed by atoms with Gasteiger partial charge in [0.15, 0.2) is 0 Å². The minimum Gasteiger partial charge on any atom is -0.480 e. The zero-order valence-corrected chi connectivity index (χ0v) is 20.2. The Morgan fingerprint density at radius 3 is 2.89 bits per heavy atom. The molecular weight excluding hydrogens is 489 g/mol. The van der Waals surface area contributed by atoms with Crippen LogP contribution in [0.25, 0.3) is 11.3 Å². The van der Waals surface area contributed by atoms with E-state index in [1.165, 1.54) is 18.2 Å². The number of halogens is 2. The molecule has 188 valence electrons. The number of carboxylic acid groups (broad SMARTS) is 1. The summed E-state index contributed by atoms with van der Waals surface area (Å²) >= 11 is 6.01. The number of nitrogens with zero attached hydrogens (tertiary/aromatic N) is 4. The van der Waals surface area contributed by atoms with Gasteiger partial charge in [0.25, 0.3) is 0 Å². The molecule has 0 saturated carbocycles. The predicted molar refractivity (Wildman–Crippen MR) is 134 cm³/mol. The Hall–Kier alpha value is -3.67. The van der Waals surface area contributed by atoms with E-state index < -0.39 is 17.8 Å². The number of hydrogen-bond acceptors (Lipinski definition) is 8. The molecule has 0 spiro atoms. The molecule has 1 saturated heterocycles. The van der Waals surface area contributed by atoms with Gasteiger partial charge >= 0.3 is 5.97 Å². The number of benzene rings is 1. The number of nitrogens with one attached hydrogen (secondary N) is 3. The Kier molecular flexibility index (Phi) is 8.04. The summed E-state index contributed by atoms with van der Waals surface area (Å²) in [4.78, 5) is 29.8. The van der Waals surface area contributed by atoms with Crippen LogP contribution in [0, 0.1) is 12.7 Å². The highest BCUT2D eigenvalue weighted by Gasteiger charge is 2.24.